The third kappa shape index (κ3) is 3.97. The van der Waals surface area contributed by atoms with Gasteiger partial charge in [-0.05, 0) is 54.0 Å². The van der Waals surface area contributed by atoms with Gasteiger partial charge in [0.2, 0.25) is 0 Å². The molecule has 0 fully saturated rings. The Morgan fingerprint density at radius 3 is 2.71 bits per heavy atom. The van der Waals surface area contributed by atoms with E-state index in [1.165, 1.54) is 46.9 Å². The van der Waals surface area contributed by atoms with E-state index in [0.717, 1.165) is 13.0 Å². The zero-order valence-corrected chi connectivity index (χ0v) is 21.8. The van der Waals surface area contributed by atoms with Crippen LogP contribution in [-0.4, -0.2) is 11.4 Å². The van der Waals surface area contributed by atoms with Gasteiger partial charge in [0.25, 0.3) is 0 Å². The van der Waals surface area contributed by atoms with E-state index in [4.69, 9.17) is 0 Å². The van der Waals surface area contributed by atoms with E-state index in [-0.39, 0.29) is 0 Å². The number of nitrogens with zero attached hydrogens (tertiary/aromatic N) is 1. The van der Waals surface area contributed by atoms with Crippen molar-refractivity contribution in [2.45, 2.75) is 20.3 Å². The molecule has 1 nitrogen and oxygen atoms in total. The zero-order chi connectivity index (χ0) is 23.8. The summed E-state index contributed by atoms with van der Waals surface area (Å²) in [5.41, 5.74) is 2.92. The molecule has 3 aromatic rings. The first-order valence-electron chi connectivity index (χ1n) is 12.5. The molecule has 0 bridgehead atoms. The van der Waals surface area contributed by atoms with Crippen LogP contribution in [0.15, 0.2) is 113 Å². The lowest BCUT2D eigenvalue weighted by atomic mass is 9.82. The van der Waals surface area contributed by atoms with E-state index in [9.17, 15) is 0 Å². The fourth-order valence-corrected chi connectivity index (χ4v) is 7.88. The second-order valence-electron chi connectivity index (χ2n) is 9.04. The first kappa shape index (κ1) is 22.5. The van der Waals surface area contributed by atoms with Crippen LogP contribution in [0.4, 0.5) is 0 Å². The summed E-state index contributed by atoms with van der Waals surface area (Å²) in [6.07, 6.45) is 25.8. The molecule has 174 valence electrons. The Hall–Kier alpha value is -3.01. The fourth-order valence-electron chi connectivity index (χ4n) is 5.45. The summed E-state index contributed by atoms with van der Waals surface area (Å²) in [6, 6.07) is 13.3. The summed E-state index contributed by atoms with van der Waals surface area (Å²) in [4.78, 5) is 5.26. The highest BCUT2D eigenvalue weighted by Crippen LogP contribution is 2.49. The summed E-state index contributed by atoms with van der Waals surface area (Å²) in [5, 5.41) is 5.43. The first-order valence-corrected chi connectivity index (χ1v) is 14.1. The third-order valence-electron chi connectivity index (χ3n) is 7.08. The molecule has 2 aliphatic carbocycles. The molecule has 0 radical (unpaired) electrons. The standard InChI is InChI=1S/C32H29NS2/c1-3-24-27(34-28-20-18-22-12-8-10-14-25(22)31(24)28)16-6-5-7-17-30-33(4-2)32-26-15-11-9-13-23(26)19-21-29(32)35-30/h5-21,23,26H,3-4H2,1-2H3/b7-5+,16-6+,30-17-/t23-,26?/m1/s1. The normalized spacial score (nSPS) is 22.6. The van der Waals surface area contributed by atoms with Crippen LogP contribution in [-0.2, 0) is 6.42 Å². The molecule has 3 aliphatic rings. The van der Waals surface area contributed by atoms with Crippen LogP contribution < -0.4 is 0 Å². The number of rotatable bonds is 5. The summed E-state index contributed by atoms with van der Waals surface area (Å²) in [5.74, 6) is 0.941. The molecule has 3 heteroatoms. The summed E-state index contributed by atoms with van der Waals surface area (Å²) in [7, 11) is 0. The SMILES string of the molecule is CCc1c(/C=C/C=C/C=C2\SC3=C(C4C=CC=C[C@@H]4C=C3)N2CC)sc2ccc3ccccc3c12. The van der Waals surface area contributed by atoms with Gasteiger partial charge in [-0.3, -0.25) is 0 Å². The van der Waals surface area contributed by atoms with Gasteiger partial charge in [0.1, 0.15) is 0 Å². The van der Waals surface area contributed by atoms with Crippen LogP contribution in [0.2, 0.25) is 0 Å². The lowest BCUT2D eigenvalue weighted by Gasteiger charge is -2.32. The van der Waals surface area contributed by atoms with Gasteiger partial charge < -0.3 is 4.90 Å². The van der Waals surface area contributed by atoms with Crippen LogP contribution in [0.25, 0.3) is 26.9 Å². The number of benzene rings is 2. The van der Waals surface area contributed by atoms with Gasteiger partial charge in [-0.2, -0.15) is 0 Å². The number of fused-ring (bicyclic) bond motifs is 5. The van der Waals surface area contributed by atoms with Crippen LogP contribution in [0.1, 0.15) is 24.3 Å². The molecule has 2 aromatic carbocycles. The van der Waals surface area contributed by atoms with Crippen molar-refractivity contribution in [3.63, 3.8) is 0 Å². The van der Waals surface area contributed by atoms with E-state index in [2.05, 4.69) is 122 Å². The molecule has 2 heterocycles. The minimum atomic E-state index is 0.457. The number of aryl methyl sites for hydroxylation is 1. The molecule has 0 saturated heterocycles. The third-order valence-corrected chi connectivity index (χ3v) is 9.37. The maximum Gasteiger partial charge on any atom is 0.0799 e. The van der Waals surface area contributed by atoms with Crippen molar-refractivity contribution in [1.29, 1.82) is 0 Å². The largest absolute Gasteiger partial charge is 0.338 e. The predicted molar refractivity (Wildman–Crippen MR) is 156 cm³/mol. The van der Waals surface area contributed by atoms with Gasteiger partial charge in [-0.25, -0.2) is 0 Å². The molecule has 0 N–H and O–H groups in total. The quantitative estimate of drug-likeness (QED) is 0.327. The van der Waals surface area contributed by atoms with Gasteiger partial charge in [0.15, 0.2) is 0 Å². The van der Waals surface area contributed by atoms with Gasteiger partial charge in [-0.1, -0.05) is 97.6 Å². The molecule has 0 amide bonds. The van der Waals surface area contributed by atoms with Crippen LogP contribution in [0.5, 0.6) is 0 Å². The zero-order valence-electron chi connectivity index (χ0n) is 20.1. The van der Waals surface area contributed by atoms with Gasteiger partial charge in [0, 0.05) is 43.9 Å². The van der Waals surface area contributed by atoms with Gasteiger partial charge >= 0.3 is 0 Å². The Balaban J connectivity index is 1.24. The minimum absolute atomic E-state index is 0.457. The highest BCUT2D eigenvalue weighted by molar-refractivity contribution is 8.07. The summed E-state index contributed by atoms with van der Waals surface area (Å²) in [6.45, 7) is 5.51. The smallest absolute Gasteiger partial charge is 0.0799 e. The maximum absolute atomic E-state index is 2.49. The summed E-state index contributed by atoms with van der Waals surface area (Å²) < 4.78 is 1.38. The molecule has 1 aliphatic heterocycles. The molecular formula is C32H29NS2. The van der Waals surface area contributed by atoms with Crippen LogP contribution in [0.3, 0.4) is 0 Å². The molecule has 0 spiro atoms. The highest BCUT2D eigenvalue weighted by atomic mass is 32.2. The Kier molecular flexibility index (Phi) is 6.13. The van der Waals surface area contributed by atoms with Crippen molar-refractivity contribution in [3.8, 4) is 0 Å². The molecule has 6 rings (SSSR count). The lowest BCUT2D eigenvalue weighted by Crippen LogP contribution is -2.27. The molecule has 2 atom stereocenters. The Bertz CT molecular complexity index is 1510. The number of hydrogen-bond donors (Lipinski definition) is 0. The van der Waals surface area contributed by atoms with Crippen LogP contribution >= 0.6 is 23.1 Å². The Morgan fingerprint density at radius 1 is 0.943 bits per heavy atom. The van der Waals surface area contributed by atoms with E-state index >= 15 is 0 Å². The Morgan fingerprint density at radius 2 is 1.83 bits per heavy atom. The average molecular weight is 492 g/mol. The topological polar surface area (TPSA) is 3.24 Å². The van der Waals surface area contributed by atoms with Crippen molar-refractivity contribution in [2.75, 3.05) is 6.54 Å². The second-order valence-corrected chi connectivity index (χ2v) is 11.2. The van der Waals surface area contributed by atoms with E-state index < -0.39 is 0 Å². The van der Waals surface area contributed by atoms with Crippen molar-refractivity contribution < 1.29 is 0 Å². The molecule has 35 heavy (non-hydrogen) atoms. The highest BCUT2D eigenvalue weighted by Gasteiger charge is 2.35. The van der Waals surface area contributed by atoms with E-state index in [1.54, 1.807) is 0 Å². The predicted octanol–water partition coefficient (Wildman–Crippen LogP) is 9.24. The van der Waals surface area contributed by atoms with Crippen molar-refractivity contribution >= 4 is 50.0 Å². The van der Waals surface area contributed by atoms with E-state index in [0.29, 0.717) is 11.8 Å². The molecule has 0 saturated carbocycles. The van der Waals surface area contributed by atoms with Gasteiger partial charge in [0.05, 0.1) is 5.03 Å². The van der Waals surface area contributed by atoms with Crippen molar-refractivity contribution in [3.05, 3.63) is 123 Å². The van der Waals surface area contributed by atoms with Crippen LogP contribution in [0, 0.1) is 11.8 Å². The number of allylic oxidation sites excluding steroid dienone is 10. The maximum atomic E-state index is 2.49. The Labute approximate surface area is 216 Å². The number of thioether (sulfide) groups is 1. The minimum Gasteiger partial charge on any atom is -0.338 e. The first-order chi connectivity index (χ1) is 17.3. The summed E-state index contributed by atoms with van der Waals surface area (Å²) >= 11 is 3.80. The molecular weight excluding hydrogens is 462 g/mol. The second kappa shape index (κ2) is 9.56. The molecule has 1 aromatic heterocycles. The number of thiophene rings is 1. The average Bonchev–Trinajstić information content (AvgIpc) is 3.46. The fraction of sp³-hybridized carbons (Fsp3) is 0.188. The van der Waals surface area contributed by atoms with Crippen molar-refractivity contribution in [2.24, 2.45) is 11.8 Å². The monoisotopic (exact) mass is 491 g/mol. The van der Waals surface area contributed by atoms with Crippen molar-refractivity contribution in [1.82, 2.24) is 4.90 Å². The number of hydrogen-bond acceptors (Lipinski definition) is 3. The van der Waals surface area contributed by atoms with E-state index in [1.807, 2.05) is 23.1 Å². The lowest BCUT2D eigenvalue weighted by molar-refractivity contribution is 0.408. The molecule has 1 unspecified atom stereocenters. The van der Waals surface area contributed by atoms with Gasteiger partial charge in [-0.15, -0.1) is 11.3 Å².